The molecule has 0 bridgehead atoms. The van der Waals surface area contributed by atoms with Crippen LogP contribution in [-0.2, 0) is 4.79 Å². The molecule has 0 aromatic heterocycles. The molecule has 0 heterocycles. The summed E-state index contributed by atoms with van der Waals surface area (Å²) in [7, 11) is 0. The Hall–Kier alpha value is -0.0500. The van der Waals surface area contributed by atoms with Crippen LogP contribution in [0.25, 0.3) is 0 Å². The second-order valence-corrected chi connectivity index (χ2v) is 9.97. The van der Waals surface area contributed by atoms with E-state index in [1.54, 1.807) is 0 Å². The van der Waals surface area contributed by atoms with E-state index in [9.17, 15) is 4.79 Å². The van der Waals surface area contributed by atoms with Gasteiger partial charge >= 0.3 is 0 Å². The van der Waals surface area contributed by atoms with E-state index in [1.165, 1.54) is 103 Å². The first-order chi connectivity index (χ1) is 13.6. The molecule has 1 unspecified atom stereocenters. The smallest absolute Gasteiger partial charge is 0.236 e. The molecule has 0 aliphatic heterocycles. The molecule has 0 rings (SSSR count). The van der Waals surface area contributed by atoms with Crippen LogP contribution >= 0.6 is 15.9 Å². The van der Waals surface area contributed by atoms with Gasteiger partial charge in [-0.15, -0.1) is 0 Å². The van der Waals surface area contributed by atoms with Gasteiger partial charge in [-0.2, -0.15) is 0 Å². The number of unbranched alkanes of at least 4 members (excludes halogenated alkanes) is 16. The number of carbonyl (C=O) groups is 1. The van der Waals surface area contributed by atoms with Crippen molar-refractivity contribution >= 4 is 21.8 Å². The first-order valence-corrected chi connectivity index (χ1v) is 13.5. The summed E-state index contributed by atoms with van der Waals surface area (Å²) in [5.74, 6) is 0.277. The molecule has 0 spiro atoms. The average molecular weight is 461 g/mol. The molecule has 168 valence electrons. The number of hydrogen-bond donors (Lipinski definition) is 0. The monoisotopic (exact) mass is 459 g/mol. The number of hydrogen-bond acceptors (Lipinski definition) is 1. The Morgan fingerprint density at radius 3 is 1.18 bits per heavy atom. The molecule has 0 aromatic carbocycles. The Balaban J connectivity index is 3.77. The van der Waals surface area contributed by atoms with E-state index in [-0.39, 0.29) is 10.7 Å². The van der Waals surface area contributed by atoms with Crippen LogP contribution in [0.2, 0.25) is 0 Å². The molecule has 0 aliphatic carbocycles. The van der Waals surface area contributed by atoms with E-state index < -0.39 is 0 Å². The van der Waals surface area contributed by atoms with Gasteiger partial charge in [0.05, 0.1) is 4.83 Å². The Morgan fingerprint density at radius 2 is 0.893 bits per heavy atom. The molecule has 0 aliphatic rings. The maximum atomic E-state index is 12.5. The van der Waals surface area contributed by atoms with E-state index in [1.807, 2.05) is 6.92 Å². The van der Waals surface area contributed by atoms with Gasteiger partial charge in [0.15, 0.2) is 0 Å². The maximum Gasteiger partial charge on any atom is 0.236 e. The molecule has 1 amide bonds. The van der Waals surface area contributed by atoms with Crippen molar-refractivity contribution < 1.29 is 4.79 Å². The second kappa shape index (κ2) is 21.7. The number of halogens is 1. The van der Waals surface area contributed by atoms with Gasteiger partial charge in [-0.1, -0.05) is 133 Å². The highest BCUT2D eigenvalue weighted by Gasteiger charge is 2.17. The second-order valence-electron chi connectivity index (χ2n) is 8.60. The van der Waals surface area contributed by atoms with Crippen molar-refractivity contribution in [3.05, 3.63) is 0 Å². The van der Waals surface area contributed by atoms with Crippen molar-refractivity contribution in [2.75, 3.05) is 13.1 Å². The first-order valence-electron chi connectivity index (χ1n) is 12.6. The van der Waals surface area contributed by atoms with Crippen LogP contribution in [0.15, 0.2) is 0 Å². The lowest BCUT2D eigenvalue weighted by molar-refractivity contribution is -0.130. The van der Waals surface area contributed by atoms with Crippen LogP contribution in [0.5, 0.6) is 0 Å². The quantitative estimate of drug-likeness (QED) is 0.124. The number of carbonyl (C=O) groups excluding carboxylic acids is 1. The third kappa shape index (κ3) is 18.0. The third-order valence-electron chi connectivity index (χ3n) is 5.72. The lowest BCUT2D eigenvalue weighted by Crippen LogP contribution is -2.37. The summed E-state index contributed by atoms with van der Waals surface area (Å²) >= 11 is 3.48. The van der Waals surface area contributed by atoms with Gasteiger partial charge in [0.2, 0.25) is 5.91 Å². The normalized spacial score (nSPS) is 12.3. The lowest BCUT2D eigenvalue weighted by atomic mass is 10.1. The number of alkyl halides is 1. The van der Waals surface area contributed by atoms with Gasteiger partial charge < -0.3 is 4.90 Å². The molecule has 0 saturated carbocycles. The topological polar surface area (TPSA) is 20.3 Å². The van der Waals surface area contributed by atoms with Gasteiger partial charge in [-0.25, -0.2) is 0 Å². The Bertz CT molecular complexity index is 311. The summed E-state index contributed by atoms with van der Waals surface area (Å²) in [6, 6.07) is 0. The highest BCUT2D eigenvalue weighted by Crippen LogP contribution is 2.13. The predicted octanol–water partition coefficient (Wildman–Crippen LogP) is 8.66. The molecule has 2 nitrogen and oxygen atoms in total. The highest BCUT2D eigenvalue weighted by molar-refractivity contribution is 9.10. The van der Waals surface area contributed by atoms with E-state index in [4.69, 9.17) is 0 Å². The molecule has 1 atom stereocenters. The summed E-state index contributed by atoms with van der Waals surface area (Å²) < 4.78 is 0. The summed E-state index contributed by atoms with van der Waals surface area (Å²) in [5.41, 5.74) is 0. The van der Waals surface area contributed by atoms with E-state index in [0.717, 1.165) is 25.9 Å². The molecule has 0 aromatic rings. The van der Waals surface area contributed by atoms with Gasteiger partial charge in [-0.3, -0.25) is 4.79 Å². The Morgan fingerprint density at radius 1 is 0.607 bits per heavy atom. The van der Waals surface area contributed by atoms with E-state index in [0.29, 0.717) is 0 Å². The van der Waals surface area contributed by atoms with Crippen molar-refractivity contribution in [1.29, 1.82) is 0 Å². The van der Waals surface area contributed by atoms with E-state index in [2.05, 4.69) is 34.7 Å². The fourth-order valence-electron chi connectivity index (χ4n) is 3.81. The third-order valence-corrected chi connectivity index (χ3v) is 6.11. The van der Waals surface area contributed by atoms with Crippen molar-refractivity contribution in [3.63, 3.8) is 0 Å². The first kappa shape index (κ1) is 27.9. The van der Waals surface area contributed by atoms with Crippen molar-refractivity contribution in [3.8, 4) is 0 Å². The molecule has 0 N–H and O–H groups in total. The van der Waals surface area contributed by atoms with Crippen LogP contribution in [0, 0.1) is 0 Å². The lowest BCUT2D eigenvalue weighted by Gasteiger charge is -2.24. The Kier molecular flexibility index (Phi) is 21.6. The molecule has 28 heavy (non-hydrogen) atoms. The van der Waals surface area contributed by atoms with Gasteiger partial charge in [0.1, 0.15) is 0 Å². The molecule has 0 fully saturated rings. The molecular formula is C25H50BrNO. The number of nitrogens with zero attached hydrogens (tertiary/aromatic N) is 1. The number of amides is 1. The van der Waals surface area contributed by atoms with Crippen molar-refractivity contribution in [1.82, 2.24) is 4.90 Å². The van der Waals surface area contributed by atoms with Gasteiger partial charge in [0, 0.05) is 13.1 Å². The molecule has 3 heteroatoms. The van der Waals surface area contributed by atoms with Crippen LogP contribution in [0.4, 0.5) is 0 Å². The van der Waals surface area contributed by atoms with Crippen molar-refractivity contribution in [2.45, 2.75) is 141 Å². The summed E-state index contributed by atoms with van der Waals surface area (Å²) in [4.78, 5) is 14.5. The van der Waals surface area contributed by atoms with Crippen LogP contribution in [0.1, 0.15) is 136 Å². The molecule has 0 radical (unpaired) electrons. The fraction of sp³-hybridized carbons (Fsp3) is 0.960. The zero-order chi connectivity index (χ0) is 20.9. The van der Waals surface area contributed by atoms with Gasteiger partial charge in [-0.05, 0) is 19.8 Å². The van der Waals surface area contributed by atoms with Crippen LogP contribution in [-0.4, -0.2) is 28.7 Å². The maximum absolute atomic E-state index is 12.5. The number of rotatable bonds is 21. The fourth-order valence-corrected chi connectivity index (χ4v) is 4.10. The van der Waals surface area contributed by atoms with E-state index >= 15 is 0 Å². The predicted molar refractivity (Wildman–Crippen MR) is 129 cm³/mol. The van der Waals surface area contributed by atoms with Crippen molar-refractivity contribution in [2.24, 2.45) is 0 Å². The average Bonchev–Trinajstić information content (AvgIpc) is 2.69. The summed E-state index contributed by atoms with van der Waals surface area (Å²) in [6.07, 6.45) is 24.1. The summed E-state index contributed by atoms with van der Waals surface area (Å²) in [6.45, 7) is 8.40. The minimum Gasteiger partial charge on any atom is -0.342 e. The zero-order valence-electron chi connectivity index (χ0n) is 19.5. The minimum absolute atomic E-state index is 0.0513. The Labute approximate surface area is 185 Å². The standard InChI is InChI=1S/C25H50BrNO/c1-4-6-8-10-12-14-16-18-20-22-27(25(28)24(3)26)23-21-19-17-15-13-11-9-7-5-2/h24H,4-23H2,1-3H3. The van der Waals surface area contributed by atoms with Gasteiger partial charge in [0.25, 0.3) is 0 Å². The van der Waals surface area contributed by atoms with Crippen LogP contribution in [0.3, 0.4) is 0 Å². The van der Waals surface area contributed by atoms with Crippen LogP contribution < -0.4 is 0 Å². The highest BCUT2D eigenvalue weighted by atomic mass is 79.9. The molecule has 0 saturated heterocycles. The largest absolute Gasteiger partial charge is 0.342 e. The minimum atomic E-state index is -0.0513. The summed E-state index contributed by atoms with van der Waals surface area (Å²) in [5, 5.41) is 0. The molecular weight excluding hydrogens is 410 g/mol. The zero-order valence-corrected chi connectivity index (χ0v) is 21.0. The SMILES string of the molecule is CCCCCCCCCCCN(CCCCCCCCCCC)C(=O)C(C)Br.